The van der Waals surface area contributed by atoms with Crippen molar-refractivity contribution in [3.8, 4) is 0 Å². The third-order valence-corrected chi connectivity index (χ3v) is 3.07. The summed E-state index contributed by atoms with van der Waals surface area (Å²) < 4.78 is 5.59. The summed E-state index contributed by atoms with van der Waals surface area (Å²) in [5.74, 6) is -1.12. The van der Waals surface area contributed by atoms with E-state index in [1.54, 1.807) is 12.1 Å². The van der Waals surface area contributed by atoms with Crippen LogP contribution in [0, 0.1) is 3.57 Å². The third-order valence-electron chi connectivity index (χ3n) is 2.13. The number of urea groups is 1. The van der Waals surface area contributed by atoms with Crippen LogP contribution in [0.25, 0.3) is 0 Å². The van der Waals surface area contributed by atoms with E-state index in [1.807, 2.05) is 12.1 Å². The minimum atomic E-state index is -1.12. The van der Waals surface area contributed by atoms with Gasteiger partial charge in [0.05, 0.1) is 12.2 Å². The Morgan fingerprint density at radius 3 is 2.67 bits per heavy atom. The number of halogens is 1. The predicted octanol–water partition coefficient (Wildman–Crippen LogP) is 1.51. The largest absolute Gasteiger partial charge is 0.479 e. The molecule has 0 aliphatic carbocycles. The van der Waals surface area contributed by atoms with Crippen LogP contribution in [0.3, 0.4) is 0 Å². The van der Waals surface area contributed by atoms with Crippen molar-refractivity contribution < 1.29 is 19.4 Å². The van der Waals surface area contributed by atoms with E-state index in [2.05, 4.69) is 33.2 Å². The molecule has 0 aliphatic rings. The van der Waals surface area contributed by atoms with E-state index in [4.69, 9.17) is 9.84 Å². The zero-order chi connectivity index (χ0) is 13.5. The average molecular weight is 364 g/mol. The normalized spacial score (nSPS) is 11.7. The van der Waals surface area contributed by atoms with Gasteiger partial charge in [-0.25, -0.2) is 9.59 Å². The van der Waals surface area contributed by atoms with Gasteiger partial charge < -0.3 is 20.5 Å². The number of hydrogen-bond acceptors (Lipinski definition) is 3. The van der Waals surface area contributed by atoms with Crippen LogP contribution in [-0.2, 0) is 9.53 Å². The number of carbonyl (C=O) groups excluding carboxylic acids is 1. The van der Waals surface area contributed by atoms with E-state index >= 15 is 0 Å². The summed E-state index contributed by atoms with van der Waals surface area (Å²) in [5.41, 5.74) is 0.667. The maximum Gasteiger partial charge on any atom is 0.334 e. The van der Waals surface area contributed by atoms with Gasteiger partial charge in [-0.15, -0.1) is 0 Å². The van der Waals surface area contributed by atoms with Gasteiger partial charge in [0.1, 0.15) is 0 Å². The Balaban J connectivity index is 2.48. The lowest BCUT2D eigenvalue weighted by Gasteiger charge is -2.12. The van der Waals surface area contributed by atoms with Gasteiger partial charge in [-0.1, -0.05) is 12.1 Å². The highest BCUT2D eigenvalue weighted by molar-refractivity contribution is 14.1. The van der Waals surface area contributed by atoms with E-state index in [0.29, 0.717) is 5.69 Å². The lowest BCUT2D eigenvalue weighted by atomic mass is 10.3. The quantitative estimate of drug-likeness (QED) is 0.692. The molecule has 1 rings (SSSR count). The highest BCUT2D eigenvalue weighted by atomic mass is 127. The molecule has 2 amide bonds. The van der Waals surface area contributed by atoms with Crippen molar-refractivity contribution in [1.29, 1.82) is 0 Å². The number of ether oxygens (including phenoxy) is 1. The number of methoxy groups -OCH3 is 1. The molecule has 1 atom stereocenters. The summed E-state index contributed by atoms with van der Waals surface area (Å²) >= 11 is 2.09. The number of hydrogen-bond donors (Lipinski definition) is 3. The zero-order valence-electron chi connectivity index (χ0n) is 9.64. The van der Waals surface area contributed by atoms with Gasteiger partial charge in [-0.2, -0.15) is 0 Å². The van der Waals surface area contributed by atoms with Crippen LogP contribution in [0.2, 0.25) is 0 Å². The van der Waals surface area contributed by atoms with Crippen molar-refractivity contribution in [3.05, 3.63) is 27.8 Å². The number of rotatable bonds is 5. The lowest BCUT2D eigenvalue weighted by molar-refractivity contribution is -0.147. The Kier molecular flexibility index (Phi) is 5.86. The number of aliphatic carboxylic acids is 1. The number of carbonyl (C=O) groups is 2. The zero-order valence-corrected chi connectivity index (χ0v) is 11.8. The molecule has 0 saturated carbocycles. The van der Waals surface area contributed by atoms with E-state index in [1.165, 1.54) is 7.11 Å². The molecule has 3 N–H and O–H groups in total. The number of carboxylic acid groups (broad SMARTS) is 1. The predicted molar refractivity (Wildman–Crippen MR) is 74.6 cm³/mol. The van der Waals surface area contributed by atoms with Crippen molar-refractivity contribution in [2.24, 2.45) is 0 Å². The molecule has 1 aromatic carbocycles. The number of amides is 2. The second-order valence-corrected chi connectivity index (χ2v) is 4.54. The van der Waals surface area contributed by atoms with Crippen LogP contribution < -0.4 is 10.6 Å². The second-order valence-electron chi connectivity index (χ2n) is 3.38. The van der Waals surface area contributed by atoms with Crippen molar-refractivity contribution >= 4 is 40.3 Å². The van der Waals surface area contributed by atoms with E-state index < -0.39 is 18.1 Å². The summed E-state index contributed by atoms with van der Waals surface area (Å²) in [6.07, 6.45) is -1.05. The first-order valence-corrected chi connectivity index (χ1v) is 6.17. The number of para-hydroxylation sites is 1. The molecule has 0 aromatic heterocycles. The Morgan fingerprint density at radius 1 is 1.44 bits per heavy atom. The maximum atomic E-state index is 11.5. The Labute approximate surface area is 118 Å². The first-order chi connectivity index (χ1) is 8.54. The molecule has 7 heteroatoms. The average Bonchev–Trinajstić information content (AvgIpc) is 2.32. The monoisotopic (exact) mass is 364 g/mol. The Morgan fingerprint density at radius 2 is 2.11 bits per heavy atom. The molecule has 0 heterocycles. The molecule has 0 aliphatic heterocycles. The fourth-order valence-electron chi connectivity index (χ4n) is 1.19. The summed E-state index contributed by atoms with van der Waals surface area (Å²) in [7, 11) is 1.28. The van der Waals surface area contributed by atoms with Crippen LogP contribution in [0.5, 0.6) is 0 Å². The highest BCUT2D eigenvalue weighted by Gasteiger charge is 2.17. The van der Waals surface area contributed by atoms with Crippen molar-refractivity contribution in [3.63, 3.8) is 0 Å². The lowest BCUT2D eigenvalue weighted by Crippen LogP contribution is -2.39. The fraction of sp³-hybridized carbons (Fsp3) is 0.273. The molecule has 6 nitrogen and oxygen atoms in total. The van der Waals surface area contributed by atoms with E-state index in [-0.39, 0.29) is 6.54 Å². The molecule has 18 heavy (non-hydrogen) atoms. The van der Waals surface area contributed by atoms with Crippen LogP contribution in [-0.4, -0.2) is 36.9 Å². The minimum absolute atomic E-state index is 0.0962. The van der Waals surface area contributed by atoms with Crippen molar-refractivity contribution in [1.82, 2.24) is 5.32 Å². The number of carboxylic acids is 1. The first kappa shape index (κ1) is 14.7. The van der Waals surface area contributed by atoms with Gasteiger partial charge in [-0.05, 0) is 34.7 Å². The molecular formula is C11H13IN2O4. The molecule has 0 fully saturated rings. The number of nitrogens with one attached hydrogen (secondary N) is 2. The summed E-state index contributed by atoms with van der Waals surface area (Å²) in [5, 5.41) is 13.8. The molecular weight excluding hydrogens is 351 g/mol. The number of anilines is 1. The molecule has 1 aromatic rings. The van der Waals surface area contributed by atoms with E-state index in [9.17, 15) is 9.59 Å². The van der Waals surface area contributed by atoms with Gasteiger partial charge in [0.2, 0.25) is 0 Å². The van der Waals surface area contributed by atoms with Crippen LogP contribution in [0.4, 0.5) is 10.5 Å². The fourth-order valence-corrected chi connectivity index (χ4v) is 1.71. The van der Waals surface area contributed by atoms with Gasteiger partial charge in [0.25, 0.3) is 0 Å². The van der Waals surface area contributed by atoms with Crippen molar-refractivity contribution in [2.75, 3.05) is 19.0 Å². The topological polar surface area (TPSA) is 87.7 Å². The highest BCUT2D eigenvalue weighted by Crippen LogP contribution is 2.16. The minimum Gasteiger partial charge on any atom is -0.479 e. The second kappa shape index (κ2) is 7.17. The van der Waals surface area contributed by atoms with Gasteiger partial charge in [0, 0.05) is 10.7 Å². The van der Waals surface area contributed by atoms with Gasteiger partial charge in [-0.3, -0.25) is 0 Å². The van der Waals surface area contributed by atoms with E-state index in [0.717, 1.165) is 3.57 Å². The molecule has 0 bridgehead atoms. The molecule has 0 spiro atoms. The van der Waals surface area contributed by atoms with Crippen LogP contribution in [0.15, 0.2) is 24.3 Å². The summed E-state index contributed by atoms with van der Waals surface area (Å²) in [6, 6.07) is 6.79. The van der Waals surface area contributed by atoms with Crippen molar-refractivity contribution in [2.45, 2.75) is 6.10 Å². The summed E-state index contributed by atoms with van der Waals surface area (Å²) in [4.78, 5) is 22.2. The standard InChI is InChI=1S/C11H13IN2O4/c1-18-9(10(15)16)6-13-11(17)14-8-5-3-2-4-7(8)12/h2-5,9H,6H2,1H3,(H,15,16)(H2,13,14,17). The molecule has 1 unspecified atom stereocenters. The smallest absolute Gasteiger partial charge is 0.334 e. The summed E-state index contributed by atoms with van der Waals surface area (Å²) in [6.45, 7) is -0.0962. The van der Waals surface area contributed by atoms with Crippen LogP contribution >= 0.6 is 22.6 Å². The third kappa shape index (κ3) is 4.49. The first-order valence-electron chi connectivity index (χ1n) is 5.09. The van der Waals surface area contributed by atoms with Gasteiger partial charge in [0.15, 0.2) is 6.10 Å². The Hall–Kier alpha value is -1.35. The maximum absolute atomic E-state index is 11.5. The molecule has 0 radical (unpaired) electrons. The van der Waals surface area contributed by atoms with Crippen LogP contribution in [0.1, 0.15) is 0 Å². The molecule has 0 saturated heterocycles. The SMILES string of the molecule is COC(CNC(=O)Nc1ccccc1I)C(=O)O. The van der Waals surface area contributed by atoms with Gasteiger partial charge >= 0.3 is 12.0 Å². The number of benzene rings is 1. The molecule has 98 valence electrons. The Bertz CT molecular complexity index is 439.